The predicted octanol–water partition coefficient (Wildman–Crippen LogP) is 4.48. The Morgan fingerprint density at radius 2 is 1.94 bits per heavy atom. The van der Waals surface area contributed by atoms with Gasteiger partial charge in [-0.15, -0.1) is 0 Å². The highest BCUT2D eigenvalue weighted by Crippen LogP contribution is 2.36. The number of hydrogen-bond donors (Lipinski definition) is 1. The Hall–Kier alpha value is -2.96. The van der Waals surface area contributed by atoms with Gasteiger partial charge in [-0.05, 0) is 24.5 Å². The maximum Gasteiger partial charge on any atom is 0.420 e. The normalized spacial score (nSPS) is 15.8. The lowest BCUT2D eigenvalue weighted by atomic mass is 10.1. The summed E-state index contributed by atoms with van der Waals surface area (Å²) in [5.41, 5.74) is -0.202. The smallest absolute Gasteiger partial charge is 0.351 e. The van der Waals surface area contributed by atoms with Crippen LogP contribution in [0.4, 0.5) is 19.1 Å². The minimum Gasteiger partial charge on any atom is -0.351 e. The van der Waals surface area contributed by atoms with Crippen LogP contribution in [-0.2, 0) is 16.2 Å². The molecule has 35 heavy (non-hydrogen) atoms. The third kappa shape index (κ3) is 5.49. The van der Waals surface area contributed by atoms with Crippen molar-refractivity contribution in [3.8, 4) is 17.1 Å². The monoisotopic (exact) mass is 526 g/mol. The standard InChI is InChI=1S/C22H22ClF3N6O2S/c1-3-14-5-4-6-18(19(14)23)31-12-17(28-13-31)20-16(22(24,25)26)11-27-21(30-20)29-15-7-9-32(10-8-15)35(2,33)34/h3-6,11-13,15H,1,7-10H2,2H3,(H,27,29,30). The number of imidazole rings is 1. The van der Waals surface area contributed by atoms with Crippen LogP contribution < -0.4 is 5.32 Å². The fourth-order valence-electron chi connectivity index (χ4n) is 3.84. The molecule has 1 aliphatic heterocycles. The number of halogens is 4. The summed E-state index contributed by atoms with van der Waals surface area (Å²) in [6.07, 6.45) is 2.47. The summed E-state index contributed by atoms with van der Waals surface area (Å²) in [4.78, 5) is 12.1. The highest BCUT2D eigenvalue weighted by atomic mass is 35.5. The molecule has 0 radical (unpaired) electrons. The molecule has 0 atom stereocenters. The van der Waals surface area contributed by atoms with Gasteiger partial charge in [-0.2, -0.15) is 13.2 Å². The summed E-state index contributed by atoms with van der Waals surface area (Å²) < 4.78 is 67.5. The van der Waals surface area contributed by atoms with Crippen LogP contribution in [0.5, 0.6) is 0 Å². The van der Waals surface area contributed by atoms with E-state index in [2.05, 4.69) is 26.8 Å². The molecule has 1 fully saturated rings. The van der Waals surface area contributed by atoms with E-state index in [0.717, 1.165) is 12.5 Å². The fourth-order valence-corrected chi connectivity index (χ4v) is 5.01. The Balaban J connectivity index is 1.64. The van der Waals surface area contributed by atoms with Crippen molar-refractivity contribution in [2.75, 3.05) is 24.7 Å². The summed E-state index contributed by atoms with van der Waals surface area (Å²) in [5, 5.41) is 3.41. The van der Waals surface area contributed by atoms with Crippen LogP contribution >= 0.6 is 11.6 Å². The van der Waals surface area contributed by atoms with E-state index in [1.54, 1.807) is 24.3 Å². The number of sulfonamides is 1. The van der Waals surface area contributed by atoms with E-state index in [1.165, 1.54) is 21.4 Å². The van der Waals surface area contributed by atoms with Crippen molar-refractivity contribution in [1.82, 2.24) is 23.8 Å². The maximum atomic E-state index is 13.7. The quantitative estimate of drug-likeness (QED) is 0.509. The van der Waals surface area contributed by atoms with Gasteiger partial charge in [0, 0.05) is 31.5 Å². The molecule has 8 nitrogen and oxygen atoms in total. The molecule has 0 spiro atoms. The second kappa shape index (κ2) is 9.59. The molecule has 3 heterocycles. The minimum atomic E-state index is -4.70. The molecule has 186 valence electrons. The van der Waals surface area contributed by atoms with Crippen LogP contribution in [0.2, 0.25) is 5.02 Å². The summed E-state index contributed by atoms with van der Waals surface area (Å²) in [5.74, 6) is 0.00652. The number of anilines is 1. The minimum absolute atomic E-state index is 0.00487. The molecule has 1 saturated heterocycles. The molecule has 3 aromatic rings. The number of aromatic nitrogens is 4. The van der Waals surface area contributed by atoms with Crippen LogP contribution in [0.3, 0.4) is 0 Å². The van der Waals surface area contributed by atoms with Gasteiger partial charge in [-0.25, -0.2) is 27.7 Å². The van der Waals surface area contributed by atoms with Gasteiger partial charge in [0.1, 0.15) is 23.3 Å². The third-order valence-corrected chi connectivity index (χ3v) is 7.40. The van der Waals surface area contributed by atoms with Crippen LogP contribution in [0.15, 0.2) is 43.5 Å². The van der Waals surface area contributed by atoms with Crippen molar-refractivity contribution in [2.45, 2.75) is 25.1 Å². The molecule has 0 amide bonds. The first kappa shape index (κ1) is 25.1. The van der Waals surface area contributed by atoms with E-state index in [9.17, 15) is 21.6 Å². The highest BCUT2D eigenvalue weighted by Gasteiger charge is 2.36. The van der Waals surface area contributed by atoms with E-state index in [-0.39, 0.29) is 23.4 Å². The Morgan fingerprint density at radius 3 is 2.57 bits per heavy atom. The lowest BCUT2D eigenvalue weighted by molar-refractivity contribution is -0.137. The summed E-state index contributed by atoms with van der Waals surface area (Å²) in [7, 11) is -3.29. The Labute approximate surface area is 205 Å². The molecule has 2 aromatic heterocycles. The molecule has 13 heteroatoms. The van der Waals surface area contributed by atoms with Gasteiger partial charge in [0.2, 0.25) is 16.0 Å². The van der Waals surface area contributed by atoms with E-state index in [4.69, 9.17) is 11.6 Å². The first-order valence-electron chi connectivity index (χ1n) is 10.6. The number of hydrogen-bond acceptors (Lipinski definition) is 6. The van der Waals surface area contributed by atoms with Crippen LogP contribution in [0.25, 0.3) is 23.2 Å². The Morgan fingerprint density at radius 1 is 1.23 bits per heavy atom. The number of alkyl halides is 3. The predicted molar refractivity (Wildman–Crippen MR) is 128 cm³/mol. The lowest BCUT2D eigenvalue weighted by Gasteiger charge is -2.30. The molecule has 1 aliphatic rings. The summed E-state index contributed by atoms with van der Waals surface area (Å²) >= 11 is 6.40. The second-order valence-electron chi connectivity index (χ2n) is 8.08. The number of piperidine rings is 1. The van der Waals surface area contributed by atoms with Crippen LogP contribution in [0.1, 0.15) is 24.0 Å². The lowest BCUT2D eigenvalue weighted by Crippen LogP contribution is -2.42. The molecule has 4 rings (SSSR count). The number of benzene rings is 1. The first-order chi connectivity index (χ1) is 16.5. The Bertz CT molecular complexity index is 1350. The van der Waals surface area contributed by atoms with Crippen molar-refractivity contribution in [3.05, 3.63) is 59.6 Å². The van der Waals surface area contributed by atoms with Crippen LogP contribution in [-0.4, -0.2) is 57.6 Å². The van der Waals surface area contributed by atoms with Gasteiger partial charge >= 0.3 is 6.18 Å². The summed E-state index contributed by atoms with van der Waals surface area (Å²) in [6.45, 7) is 4.31. The molecule has 1 aromatic carbocycles. The number of rotatable bonds is 6. The highest BCUT2D eigenvalue weighted by molar-refractivity contribution is 7.88. The number of nitrogens with zero attached hydrogens (tertiary/aromatic N) is 5. The van der Waals surface area contributed by atoms with Crippen molar-refractivity contribution in [2.24, 2.45) is 0 Å². The molecular weight excluding hydrogens is 505 g/mol. The molecule has 0 bridgehead atoms. The third-order valence-electron chi connectivity index (χ3n) is 5.68. The SMILES string of the molecule is C=Cc1cccc(-n2cnc(-c3nc(NC4CCN(S(C)(=O)=O)CC4)ncc3C(F)(F)F)c2)c1Cl. The molecule has 0 saturated carbocycles. The zero-order chi connectivity index (χ0) is 25.4. The molecular formula is C22H22ClF3N6O2S. The van der Waals surface area contributed by atoms with Crippen LogP contribution in [0, 0.1) is 0 Å². The average molecular weight is 527 g/mol. The molecule has 0 unspecified atom stereocenters. The van der Waals surface area contributed by atoms with E-state index < -0.39 is 21.8 Å². The van der Waals surface area contributed by atoms with Crippen molar-refractivity contribution in [1.29, 1.82) is 0 Å². The van der Waals surface area contributed by atoms with Gasteiger partial charge in [-0.1, -0.05) is 36.4 Å². The van der Waals surface area contributed by atoms with Crippen molar-refractivity contribution < 1.29 is 21.6 Å². The zero-order valence-corrected chi connectivity index (χ0v) is 20.2. The van der Waals surface area contributed by atoms with Gasteiger partial charge < -0.3 is 9.88 Å². The second-order valence-corrected chi connectivity index (χ2v) is 10.4. The Kier molecular flexibility index (Phi) is 6.89. The topological polar surface area (TPSA) is 93.0 Å². The van der Waals surface area contributed by atoms with E-state index in [1.807, 2.05) is 0 Å². The zero-order valence-electron chi connectivity index (χ0n) is 18.6. The van der Waals surface area contributed by atoms with Crippen molar-refractivity contribution in [3.63, 3.8) is 0 Å². The van der Waals surface area contributed by atoms with Gasteiger partial charge in [0.05, 0.1) is 17.0 Å². The van der Waals surface area contributed by atoms with Crippen molar-refractivity contribution >= 4 is 33.6 Å². The average Bonchev–Trinajstić information content (AvgIpc) is 3.28. The summed E-state index contributed by atoms with van der Waals surface area (Å²) in [6, 6.07) is 5.04. The fraction of sp³-hybridized carbons (Fsp3) is 0.318. The van der Waals surface area contributed by atoms with Gasteiger partial charge in [0.15, 0.2) is 0 Å². The van der Waals surface area contributed by atoms with Gasteiger partial charge in [0.25, 0.3) is 0 Å². The largest absolute Gasteiger partial charge is 0.420 e. The molecule has 1 N–H and O–H groups in total. The maximum absolute atomic E-state index is 13.7. The number of nitrogens with one attached hydrogen (secondary N) is 1. The van der Waals surface area contributed by atoms with E-state index >= 15 is 0 Å². The van der Waals surface area contributed by atoms with Gasteiger partial charge in [-0.3, -0.25) is 0 Å². The first-order valence-corrected chi connectivity index (χ1v) is 12.8. The molecule has 0 aliphatic carbocycles. The van der Waals surface area contributed by atoms with E-state index in [0.29, 0.717) is 42.2 Å².